The third-order valence-corrected chi connectivity index (χ3v) is 7.69. The minimum atomic E-state index is -0.245. The van der Waals surface area contributed by atoms with Gasteiger partial charge >= 0.3 is 0 Å². The van der Waals surface area contributed by atoms with Crippen LogP contribution in [0.2, 0.25) is 5.02 Å². The highest BCUT2D eigenvalue weighted by atomic mass is 35.5. The smallest absolute Gasteiger partial charge is 0.225 e. The number of hydrogen-bond donors (Lipinski definition) is 0. The van der Waals surface area contributed by atoms with Gasteiger partial charge in [-0.15, -0.1) is 0 Å². The van der Waals surface area contributed by atoms with Crippen molar-refractivity contribution in [3.05, 3.63) is 47.0 Å². The molecule has 2 aromatic rings. The lowest BCUT2D eigenvalue weighted by molar-refractivity contribution is -0.116. The van der Waals surface area contributed by atoms with E-state index in [2.05, 4.69) is 4.90 Å². The Labute approximate surface area is 205 Å². The average molecular weight is 491 g/mol. The molecule has 33 heavy (non-hydrogen) atoms. The lowest BCUT2D eigenvalue weighted by atomic mass is 10.1. The highest BCUT2D eigenvalue weighted by Gasteiger charge is 2.36. The van der Waals surface area contributed by atoms with E-state index < -0.39 is 0 Å². The number of nitrogens with zero attached hydrogens (tertiary/aromatic N) is 2. The first-order valence-corrected chi connectivity index (χ1v) is 12.6. The van der Waals surface area contributed by atoms with E-state index in [1.165, 1.54) is 12.8 Å². The number of rotatable bonds is 9. The number of hydrogen-bond acceptors (Lipinski definition) is 6. The van der Waals surface area contributed by atoms with E-state index in [4.69, 9.17) is 25.8 Å². The molecule has 0 N–H and O–H groups in total. The number of fused-ring (bicyclic) bond motifs is 1. The van der Waals surface area contributed by atoms with Gasteiger partial charge in [-0.25, -0.2) is 0 Å². The monoisotopic (exact) mass is 490 g/mol. The number of ether oxygens (including phenoxy) is 3. The average Bonchev–Trinajstić information content (AvgIpc) is 3.40. The summed E-state index contributed by atoms with van der Waals surface area (Å²) in [6, 6.07) is 11.9. The number of carbonyl (C=O) groups excluding carboxylic acids is 1. The summed E-state index contributed by atoms with van der Waals surface area (Å²) in [7, 11) is 3.41. The van der Waals surface area contributed by atoms with Crippen LogP contribution in [0.25, 0.3) is 0 Å². The Morgan fingerprint density at radius 3 is 2.82 bits per heavy atom. The van der Waals surface area contributed by atoms with Gasteiger partial charge in [-0.1, -0.05) is 23.4 Å². The molecule has 0 aliphatic carbocycles. The fourth-order valence-electron chi connectivity index (χ4n) is 4.62. The van der Waals surface area contributed by atoms with Crippen molar-refractivity contribution < 1.29 is 19.0 Å². The Morgan fingerprint density at radius 1 is 1.21 bits per heavy atom. The molecule has 1 unspecified atom stereocenters. The van der Waals surface area contributed by atoms with E-state index in [0.717, 1.165) is 53.8 Å². The second-order valence-corrected chi connectivity index (χ2v) is 9.92. The van der Waals surface area contributed by atoms with Crippen LogP contribution in [0.3, 0.4) is 0 Å². The van der Waals surface area contributed by atoms with Crippen LogP contribution in [-0.4, -0.2) is 57.4 Å². The number of carbonyl (C=O) groups is 1. The Bertz CT molecular complexity index is 989. The van der Waals surface area contributed by atoms with Gasteiger partial charge in [0.25, 0.3) is 0 Å². The predicted molar refractivity (Wildman–Crippen MR) is 133 cm³/mol. The summed E-state index contributed by atoms with van der Waals surface area (Å²) in [5, 5.41) is 0.409. The van der Waals surface area contributed by atoms with E-state index in [9.17, 15) is 4.79 Å². The number of benzene rings is 2. The molecule has 8 heteroatoms. The highest BCUT2D eigenvalue weighted by Crippen LogP contribution is 2.54. The number of anilines is 1. The molecular formula is C25H31ClN2O4S. The predicted octanol–water partition coefficient (Wildman–Crippen LogP) is 5.39. The third-order valence-electron chi connectivity index (χ3n) is 6.18. The first kappa shape index (κ1) is 24.2. The van der Waals surface area contributed by atoms with Gasteiger partial charge in [0, 0.05) is 42.1 Å². The zero-order chi connectivity index (χ0) is 23.4. The molecule has 0 spiro atoms. The molecule has 2 atom stereocenters. The fourth-order valence-corrected chi connectivity index (χ4v) is 6.25. The molecule has 1 saturated heterocycles. The van der Waals surface area contributed by atoms with Crippen molar-refractivity contribution >= 4 is 35.0 Å². The summed E-state index contributed by atoms with van der Waals surface area (Å²) in [5.41, 5.74) is 1.79. The lowest BCUT2D eigenvalue weighted by Gasteiger charge is -2.26. The molecule has 2 aliphatic heterocycles. The van der Waals surface area contributed by atoms with Crippen molar-refractivity contribution in [2.75, 3.05) is 45.4 Å². The van der Waals surface area contributed by atoms with Crippen LogP contribution in [0.1, 0.15) is 37.1 Å². The Kier molecular flexibility index (Phi) is 8.07. The highest BCUT2D eigenvalue weighted by molar-refractivity contribution is 8.00. The largest absolute Gasteiger partial charge is 0.497 e. The van der Waals surface area contributed by atoms with Crippen molar-refractivity contribution in [3.63, 3.8) is 0 Å². The number of thioether (sulfide) groups is 1. The fraction of sp³-hybridized carbons (Fsp3) is 0.480. The minimum Gasteiger partial charge on any atom is -0.497 e. The van der Waals surface area contributed by atoms with Gasteiger partial charge in [0.15, 0.2) is 0 Å². The topological polar surface area (TPSA) is 51.2 Å². The van der Waals surface area contributed by atoms with Crippen LogP contribution in [0, 0.1) is 0 Å². The zero-order valence-corrected chi connectivity index (χ0v) is 21.0. The van der Waals surface area contributed by atoms with Gasteiger partial charge < -0.3 is 14.2 Å². The second-order valence-electron chi connectivity index (χ2n) is 8.36. The molecule has 1 amide bonds. The summed E-state index contributed by atoms with van der Waals surface area (Å²) in [6.45, 7) is 5.08. The summed E-state index contributed by atoms with van der Waals surface area (Å²) in [6.07, 6.45) is 3.35. The Morgan fingerprint density at radius 2 is 2.06 bits per heavy atom. The van der Waals surface area contributed by atoms with Crippen LogP contribution in [0.5, 0.6) is 11.5 Å². The van der Waals surface area contributed by atoms with Gasteiger partial charge in [0.2, 0.25) is 5.91 Å². The number of likely N-dealkylation sites (tertiary alicyclic amines) is 1. The summed E-state index contributed by atoms with van der Waals surface area (Å²) in [4.78, 5) is 17.9. The molecule has 4 rings (SSSR count). The van der Waals surface area contributed by atoms with Gasteiger partial charge in [-0.05, 0) is 62.2 Å². The summed E-state index contributed by atoms with van der Waals surface area (Å²) in [5.74, 6) is 1.48. The van der Waals surface area contributed by atoms with Crippen LogP contribution in [-0.2, 0) is 9.53 Å². The van der Waals surface area contributed by atoms with Gasteiger partial charge in [0.1, 0.15) is 16.9 Å². The molecule has 0 aromatic heterocycles. The molecule has 2 aliphatic rings. The number of methoxy groups -OCH3 is 2. The Balaban J connectivity index is 1.50. The van der Waals surface area contributed by atoms with E-state index in [0.29, 0.717) is 17.7 Å². The third kappa shape index (κ3) is 5.43. The van der Waals surface area contributed by atoms with E-state index >= 15 is 0 Å². The minimum absolute atomic E-state index is 0.0273. The number of amides is 1. The van der Waals surface area contributed by atoms with Crippen molar-refractivity contribution in [2.45, 2.75) is 42.5 Å². The van der Waals surface area contributed by atoms with Gasteiger partial charge in [0.05, 0.1) is 26.0 Å². The standard InChI is InChI=1S/C25H31ClN2O4S/c1-17(29)28-22-9-7-18(26)14-24(22)33-25(28)21-15-20(31-3)8-10-23(21)32-13-5-12-27-11-4-6-19(27)16-30-2/h7-10,14-15,19,25H,4-6,11-13,16H2,1-3H3/t19-,25?/m0/s1. The van der Waals surface area contributed by atoms with Crippen LogP contribution < -0.4 is 14.4 Å². The van der Waals surface area contributed by atoms with Crippen LogP contribution in [0.4, 0.5) is 5.69 Å². The first-order chi connectivity index (χ1) is 16.0. The van der Waals surface area contributed by atoms with Crippen molar-refractivity contribution in [1.82, 2.24) is 4.90 Å². The summed E-state index contributed by atoms with van der Waals surface area (Å²) >= 11 is 7.82. The van der Waals surface area contributed by atoms with Gasteiger partial charge in [-0.2, -0.15) is 0 Å². The maximum Gasteiger partial charge on any atom is 0.225 e. The molecular weight excluding hydrogens is 460 g/mol. The maximum atomic E-state index is 12.6. The van der Waals surface area contributed by atoms with Crippen molar-refractivity contribution in [1.29, 1.82) is 0 Å². The quantitative estimate of drug-likeness (QED) is 0.439. The normalized spacial score (nSPS) is 20.2. The van der Waals surface area contributed by atoms with E-state index in [-0.39, 0.29) is 11.3 Å². The van der Waals surface area contributed by atoms with E-state index in [1.54, 1.807) is 37.8 Å². The lowest BCUT2D eigenvalue weighted by Crippen LogP contribution is -2.34. The van der Waals surface area contributed by atoms with Crippen molar-refractivity contribution in [3.8, 4) is 11.5 Å². The van der Waals surface area contributed by atoms with Crippen LogP contribution >= 0.6 is 23.4 Å². The number of halogens is 1. The zero-order valence-electron chi connectivity index (χ0n) is 19.4. The molecule has 0 bridgehead atoms. The Hall–Kier alpha value is -1.93. The molecule has 6 nitrogen and oxygen atoms in total. The molecule has 178 valence electrons. The second kappa shape index (κ2) is 11.0. The van der Waals surface area contributed by atoms with Gasteiger partial charge in [-0.3, -0.25) is 14.6 Å². The first-order valence-electron chi connectivity index (χ1n) is 11.3. The summed E-state index contributed by atoms with van der Waals surface area (Å²) < 4.78 is 17.1. The SMILES string of the molecule is COC[C@@H]1CCCN1CCCOc1ccc(OC)cc1C1Sc2cc(Cl)ccc2N1C(C)=O. The maximum absolute atomic E-state index is 12.6. The molecule has 2 heterocycles. The van der Waals surface area contributed by atoms with Crippen molar-refractivity contribution in [2.24, 2.45) is 0 Å². The molecule has 1 fully saturated rings. The van der Waals surface area contributed by atoms with E-state index in [1.807, 2.05) is 36.4 Å². The molecule has 0 saturated carbocycles. The van der Waals surface area contributed by atoms with Crippen LogP contribution in [0.15, 0.2) is 41.3 Å². The molecule has 2 aromatic carbocycles. The molecule has 0 radical (unpaired) electrons.